The molecule has 1 aliphatic rings. The minimum Gasteiger partial charge on any atom is -0.462 e. The summed E-state index contributed by atoms with van der Waals surface area (Å²) in [5.41, 5.74) is 1.51. The van der Waals surface area contributed by atoms with E-state index in [4.69, 9.17) is 4.74 Å². The largest absolute Gasteiger partial charge is 0.462 e. The van der Waals surface area contributed by atoms with Crippen LogP contribution in [0.15, 0.2) is 24.3 Å². The third kappa shape index (κ3) is 3.19. The Hall–Kier alpha value is -1.16. The maximum Gasteiger partial charge on any atom is 0.340 e. The van der Waals surface area contributed by atoms with Gasteiger partial charge >= 0.3 is 5.97 Å². The number of ether oxygens (including phenoxy) is 1. The number of hydrogen-bond donors (Lipinski definition) is 1. The van der Waals surface area contributed by atoms with E-state index < -0.39 is 0 Å². The highest BCUT2D eigenvalue weighted by molar-refractivity contribution is 8.00. The van der Waals surface area contributed by atoms with Crippen molar-refractivity contribution < 1.29 is 9.53 Å². The third-order valence-electron chi connectivity index (χ3n) is 2.98. The van der Waals surface area contributed by atoms with E-state index in [1.165, 1.54) is 0 Å². The summed E-state index contributed by atoms with van der Waals surface area (Å²) < 4.78 is 5.07. The Morgan fingerprint density at radius 1 is 1.50 bits per heavy atom. The first-order valence-electron chi connectivity index (χ1n) is 6.35. The first-order chi connectivity index (χ1) is 8.70. The molecule has 2 atom stereocenters. The van der Waals surface area contributed by atoms with Crippen LogP contribution in [0.1, 0.15) is 30.6 Å². The molecule has 1 N–H and O–H groups in total. The summed E-state index contributed by atoms with van der Waals surface area (Å²) in [7, 11) is 0. The Labute approximate surface area is 112 Å². The summed E-state index contributed by atoms with van der Waals surface area (Å²) in [4.78, 5) is 11.8. The number of thioether (sulfide) groups is 1. The van der Waals surface area contributed by atoms with E-state index in [-0.39, 0.29) is 5.97 Å². The number of carbonyl (C=O) groups is 1. The lowest BCUT2D eigenvalue weighted by atomic mass is 10.1. The van der Waals surface area contributed by atoms with Crippen molar-refractivity contribution in [3.63, 3.8) is 0 Å². The highest BCUT2D eigenvalue weighted by Gasteiger charge is 2.23. The number of benzene rings is 1. The molecule has 0 bridgehead atoms. The van der Waals surface area contributed by atoms with E-state index in [9.17, 15) is 4.79 Å². The molecule has 1 aromatic rings. The average Bonchev–Trinajstić information content (AvgIpc) is 2.76. The first kappa shape index (κ1) is 13.3. The van der Waals surface area contributed by atoms with E-state index in [2.05, 4.69) is 12.2 Å². The Kier molecular flexibility index (Phi) is 4.53. The van der Waals surface area contributed by atoms with Gasteiger partial charge in [-0.2, -0.15) is 11.8 Å². The van der Waals surface area contributed by atoms with Gasteiger partial charge in [0.2, 0.25) is 0 Å². The number of para-hydroxylation sites is 1. The summed E-state index contributed by atoms with van der Waals surface area (Å²) in [6, 6.07) is 8.01. The van der Waals surface area contributed by atoms with Crippen molar-refractivity contribution in [2.75, 3.05) is 17.7 Å². The van der Waals surface area contributed by atoms with Crippen LogP contribution in [0, 0.1) is 0 Å². The van der Waals surface area contributed by atoms with Gasteiger partial charge in [-0.3, -0.25) is 0 Å². The summed E-state index contributed by atoms with van der Waals surface area (Å²) in [6.07, 6.45) is 1.14. The number of esters is 1. The lowest BCUT2D eigenvalue weighted by molar-refractivity contribution is 0.0527. The molecule has 18 heavy (non-hydrogen) atoms. The number of rotatable bonds is 4. The van der Waals surface area contributed by atoms with Crippen molar-refractivity contribution >= 4 is 23.4 Å². The third-order valence-corrected chi connectivity index (χ3v) is 4.34. The van der Waals surface area contributed by atoms with Crippen molar-refractivity contribution in [3.8, 4) is 0 Å². The molecule has 0 aromatic heterocycles. The Bertz CT molecular complexity index is 422. The van der Waals surface area contributed by atoms with Crippen LogP contribution in [-0.4, -0.2) is 29.6 Å². The van der Waals surface area contributed by atoms with Crippen LogP contribution in [0.4, 0.5) is 5.69 Å². The number of carbonyl (C=O) groups excluding carboxylic acids is 1. The maximum atomic E-state index is 11.8. The minimum absolute atomic E-state index is 0.251. The van der Waals surface area contributed by atoms with E-state index in [1.54, 1.807) is 0 Å². The molecule has 0 saturated carbocycles. The highest BCUT2D eigenvalue weighted by atomic mass is 32.2. The lowest BCUT2D eigenvalue weighted by Crippen LogP contribution is -2.21. The number of anilines is 1. The zero-order valence-corrected chi connectivity index (χ0v) is 11.6. The Morgan fingerprint density at radius 2 is 2.28 bits per heavy atom. The molecule has 4 heteroatoms. The second kappa shape index (κ2) is 6.14. The minimum atomic E-state index is -0.251. The van der Waals surface area contributed by atoms with Gasteiger partial charge in [0.25, 0.3) is 0 Å². The van der Waals surface area contributed by atoms with Gasteiger partial charge in [0.05, 0.1) is 12.2 Å². The number of nitrogens with one attached hydrogen (secondary N) is 1. The molecule has 3 nitrogen and oxygen atoms in total. The monoisotopic (exact) mass is 265 g/mol. The molecule has 1 aliphatic heterocycles. The first-order valence-corrected chi connectivity index (χ1v) is 7.40. The maximum absolute atomic E-state index is 11.8. The molecule has 1 saturated heterocycles. The highest BCUT2D eigenvalue weighted by Crippen LogP contribution is 2.29. The van der Waals surface area contributed by atoms with Crippen LogP contribution in [-0.2, 0) is 4.74 Å². The molecule has 0 spiro atoms. The van der Waals surface area contributed by atoms with Crippen molar-refractivity contribution in [2.24, 2.45) is 0 Å². The summed E-state index contributed by atoms with van der Waals surface area (Å²) in [5.74, 6) is 0.845. The predicted octanol–water partition coefficient (Wildman–Crippen LogP) is 3.17. The van der Waals surface area contributed by atoms with Gasteiger partial charge in [-0.05, 0) is 25.5 Å². The van der Waals surface area contributed by atoms with Crippen LogP contribution < -0.4 is 5.32 Å². The summed E-state index contributed by atoms with van der Waals surface area (Å²) in [5, 5.41) is 4.15. The molecule has 2 rings (SSSR count). The molecular formula is C14H19NO2S. The molecule has 98 valence electrons. The molecule has 2 unspecified atom stereocenters. The SMILES string of the molecule is CCOC(=O)c1ccccc1NC1CSC(C)C1. The van der Waals surface area contributed by atoms with Crippen LogP contribution in [0.3, 0.4) is 0 Å². The van der Waals surface area contributed by atoms with Gasteiger partial charge in [0, 0.05) is 22.7 Å². The van der Waals surface area contributed by atoms with Crippen molar-refractivity contribution in [1.29, 1.82) is 0 Å². The second-order valence-electron chi connectivity index (χ2n) is 4.49. The van der Waals surface area contributed by atoms with Crippen molar-refractivity contribution in [1.82, 2.24) is 0 Å². The summed E-state index contributed by atoms with van der Waals surface area (Å²) in [6.45, 7) is 4.47. The smallest absolute Gasteiger partial charge is 0.340 e. The molecular weight excluding hydrogens is 246 g/mol. The molecule has 0 amide bonds. The molecule has 0 aliphatic carbocycles. The quantitative estimate of drug-likeness (QED) is 0.849. The fraction of sp³-hybridized carbons (Fsp3) is 0.500. The van der Waals surface area contributed by atoms with Crippen molar-refractivity contribution in [3.05, 3.63) is 29.8 Å². The van der Waals surface area contributed by atoms with E-state index in [1.807, 2.05) is 43.0 Å². The molecule has 1 heterocycles. The van der Waals surface area contributed by atoms with Gasteiger partial charge in [0.15, 0.2) is 0 Å². The van der Waals surface area contributed by atoms with Gasteiger partial charge in [0.1, 0.15) is 0 Å². The van der Waals surface area contributed by atoms with Gasteiger partial charge in [-0.15, -0.1) is 0 Å². The lowest BCUT2D eigenvalue weighted by Gasteiger charge is -2.16. The molecule has 1 aromatic carbocycles. The van der Waals surface area contributed by atoms with Crippen LogP contribution in [0.2, 0.25) is 0 Å². The van der Waals surface area contributed by atoms with Gasteiger partial charge in [-0.1, -0.05) is 19.1 Å². The van der Waals surface area contributed by atoms with Gasteiger partial charge in [-0.25, -0.2) is 4.79 Å². The zero-order valence-electron chi connectivity index (χ0n) is 10.8. The molecule has 1 fully saturated rings. The summed E-state index contributed by atoms with van der Waals surface area (Å²) >= 11 is 1.97. The fourth-order valence-electron chi connectivity index (χ4n) is 2.13. The van der Waals surface area contributed by atoms with E-state index in [0.29, 0.717) is 23.5 Å². The average molecular weight is 265 g/mol. The second-order valence-corrected chi connectivity index (χ2v) is 5.96. The van der Waals surface area contributed by atoms with Crippen LogP contribution in [0.5, 0.6) is 0 Å². The standard InChI is InChI=1S/C14H19NO2S/c1-3-17-14(16)12-6-4-5-7-13(12)15-11-8-10(2)18-9-11/h4-7,10-11,15H,3,8-9H2,1-2H3. The molecule has 0 radical (unpaired) electrons. The van der Waals surface area contributed by atoms with Crippen LogP contribution in [0.25, 0.3) is 0 Å². The van der Waals surface area contributed by atoms with E-state index in [0.717, 1.165) is 17.9 Å². The van der Waals surface area contributed by atoms with E-state index >= 15 is 0 Å². The van der Waals surface area contributed by atoms with Crippen molar-refractivity contribution in [2.45, 2.75) is 31.6 Å². The zero-order chi connectivity index (χ0) is 13.0. The number of hydrogen-bond acceptors (Lipinski definition) is 4. The Balaban J connectivity index is 2.10. The topological polar surface area (TPSA) is 38.3 Å². The Morgan fingerprint density at radius 3 is 2.94 bits per heavy atom. The fourth-order valence-corrected chi connectivity index (χ4v) is 3.28. The van der Waals surface area contributed by atoms with Crippen LogP contribution >= 0.6 is 11.8 Å². The van der Waals surface area contributed by atoms with Gasteiger partial charge < -0.3 is 10.1 Å². The predicted molar refractivity (Wildman–Crippen MR) is 76.3 cm³/mol. The normalized spacial score (nSPS) is 22.8.